The zero-order chi connectivity index (χ0) is 9.73. The van der Waals surface area contributed by atoms with E-state index in [9.17, 15) is 9.00 Å². The van der Waals surface area contributed by atoms with Gasteiger partial charge in [-0.2, -0.15) is 4.36 Å². The van der Waals surface area contributed by atoms with Crippen LogP contribution in [0.4, 0.5) is 0 Å². The van der Waals surface area contributed by atoms with Gasteiger partial charge in [0.25, 0.3) is 5.91 Å². The summed E-state index contributed by atoms with van der Waals surface area (Å²) in [6.07, 6.45) is 2.26. The van der Waals surface area contributed by atoms with Gasteiger partial charge in [0.15, 0.2) is 0 Å². The van der Waals surface area contributed by atoms with Crippen LogP contribution in [0.2, 0.25) is 0 Å². The largest absolute Gasteiger partial charge is 0.305 e. The number of nitrogens with one attached hydrogen (secondary N) is 1. The van der Waals surface area contributed by atoms with Crippen molar-refractivity contribution in [3.63, 3.8) is 0 Å². The first-order valence-corrected chi connectivity index (χ1v) is 6.48. The molecule has 0 aromatic carbocycles. The summed E-state index contributed by atoms with van der Waals surface area (Å²) in [5, 5.41) is 3.05. The lowest BCUT2D eigenvalue weighted by molar-refractivity contribution is -0.117. The molecule has 0 bridgehead atoms. The van der Waals surface area contributed by atoms with Gasteiger partial charge in [0.2, 0.25) is 0 Å². The van der Waals surface area contributed by atoms with Crippen LogP contribution in [0.3, 0.4) is 0 Å². The van der Waals surface area contributed by atoms with Crippen molar-refractivity contribution in [1.82, 2.24) is 5.32 Å². The second-order valence-electron chi connectivity index (χ2n) is 3.17. The van der Waals surface area contributed by atoms with Crippen LogP contribution in [0.15, 0.2) is 4.36 Å². The smallest absolute Gasteiger partial charge is 0.253 e. The number of nitrogens with zero attached hydrogens (tertiary/aromatic N) is 1. The summed E-state index contributed by atoms with van der Waals surface area (Å²) in [5.74, 6) is 0.693. The van der Waals surface area contributed by atoms with Gasteiger partial charge in [-0.25, -0.2) is 4.21 Å². The molecule has 1 aliphatic heterocycles. The number of amides is 1. The summed E-state index contributed by atoms with van der Waals surface area (Å²) in [5.41, 5.74) is 0. The van der Waals surface area contributed by atoms with Crippen LogP contribution in [0.25, 0.3) is 0 Å². The van der Waals surface area contributed by atoms with Gasteiger partial charge in [-0.15, -0.1) is 0 Å². The zero-order valence-corrected chi connectivity index (χ0v) is 8.73. The van der Waals surface area contributed by atoms with E-state index < -0.39 is 9.73 Å². The van der Waals surface area contributed by atoms with Gasteiger partial charge in [-0.05, 0) is 19.4 Å². The summed E-state index contributed by atoms with van der Waals surface area (Å²) in [6, 6.07) is 0. The molecule has 0 aromatic heterocycles. The lowest BCUT2D eigenvalue weighted by Gasteiger charge is -2.04. The molecule has 0 spiro atoms. The maximum absolute atomic E-state index is 11.9. The molecule has 1 fully saturated rings. The molecular weight excluding hydrogens is 188 g/mol. The monoisotopic (exact) mass is 204 g/mol. The molecule has 1 atom stereocenters. The SMILES string of the molecule is CCC(=O)N=S1(=O)CCCCNC1. The Hall–Kier alpha value is -0.420. The molecule has 1 saturated heterocycles. The topological polar surface area (TPSA) is 58.5 Å². The van der Waals surface area contributed by atoms with Gasteiger partial charge in [0.05, 0.1) is 15.6 Å². The maximum atomic E-state index is 11.9. The number of carbonyl (C=O) groups excluding carboxylic acids is 1. The van der Waals surface area contributed by atoms with E-state index in [4.69, 9.17) is 0 Å². The van der Waals surface area contributed by atoms with Crippen molar-refractivity contribution >= 4 is 15.6 Å². The molecule has 1 rings (SSSR count). The van der Waals surface area contributed by atoms with E-state index in [-0.39, 0.29) is 5.91 Å². The molecule has 1 amide bonds. The van der Waals surface area contributed by atoms with Crippen molar-refractivity contribution in [3.8, 4) is 0 Å². The molecule has 13 heavy (non-hydrogen) atoms. The van der Waals surface area contributed by atoms with Crippen molar-refractivity contribution in [2.24, 2.45) is 4.36 Å². The van der Waals surface area contributed by atoms with Gasteiger partial charge in [-0.1, -0.05) is 6.92 Å². The third kappa shape index (κ3) is 3.44. The minimum absolute atomic E-state index is 0.242. The summed E-state index contributed by atoms with van der Waals surface area (Å²) >= 11 is 0. The molecule has 0 aromatic rings. The average Bonchev–Trinajstić information content (AvgIpc) is 2.30. The predicted octanol–water partition coefficient (Wildman–Crippen LogP) is 0.732. The maximum Gasteiger partial charge on any atom is 0.253 e. The summed E-state index contributed by atoms with van der Waals surface area (Å²) in [6.45, 7) is 2.62. The summed E-state index contributed by atoms with van der Waals surface area (Å²) in [4.78, 5) is 11.0. The van der Waals surface area contributed by atoms with Crippen LogP contribution in [0.5, 0.6) is 0 Å². The molecule has 0 saturated carbocycles. The standard InChI is InChI=1S/C8H16N2O2S/c1-2-8(11)10-13(12)6-4-3-5-9-7-13/h9H,2-7H2,1H3. The second-order valence-corrected chi connectivity index (χ2v) is 5.59. The van der Waals surface area contributed by atoms with Crippen LogP contribution in [-0.2, 0) is 14.5 Å². The quantitative estimate of drug-likeness (QED) is 0.685. The number of carbonyl (C=O) groups is 1. The third-order valence-corrected chi connectivity index (χ3v) is 4.08. The van der Waals surface area contributed by atoms with Crippen molar-refractivity contribution in [1.29, 1.82) is 0 Å². The lowest BCUT2D eigenvalue weighted by atomic mass is 10.3. The van der Waals surface area contributed by atoms with E-state index in [2.05, 4.69) is 9.68 Å². The van der Waals surface area contributed by atoms with Crippen LogP contribution in [-0.4, -0.2) is 28.3 Å². The Morgan fingerprint density at radius 3 is 3.00 bits per heavy atom. The van der Waals surface area contributed by atoms with Crippen molar-refractivity contribution in [3.05, 3.63) is 0 Å². The molecule has 1 aliphatic rings. The van der Waals surface area contributed by atoms with E-state index in [1.807, 2.05) is 0 Å². The highest BCUT2D eigenvalue weighted by Crippen LogP contribution is 2.05. The van der Waals surface area contributed by atoms with Crippen LogP contribution in [0.1, 0.15) is 26.2 Å². The number of hydrogen-bond acceptors (Lipinski definition) is 3. The molecule has 5 heteroatoms. The average molecular weight is 204 g/mol. The third-order valence-electron chi connectivity index (χ3n) is 1.97. The Kier molecular flexibility index (Phi) is 3.87. The molecule has 1 heterocycles. The summed E-state index contributed by atoms with van der Waals surface area (Å²) < 4.78 is 15.7. The molecule has 0 aliphatic carbocycles. The van der Waals surface area contributed by atoms with Crippen molar-refractivity contribution < 1.29 is 9.00 Å². The fourth-order valence-electron chi connectivity index (χ4n) is 1.21. The molecule has 76 valence electrons. The van der Waals surface area contributed by atoms with E-state index in [0.717, 1.165) is 19.4 Å². The van der Waals surface area contributed by atoms with E-state index >= 15 is 0 Å². The number of rotatable bonds is 1. The minimum atomic E-state index is -2.27. The predicted molar refractivity (Wildman–Crippen MR) is 52.8 cm³/mol. The van der Waals surface area contributed by atoms with Crippen LogP contribution >= 0.6 is 0 Å². The van der Waals surface area contributed by atoms with Gasteiger partial charge < -0.3 is 5.32 Å². The first-order valence-electron chi connectivity index (χ1n) is 4.62. The molecule has 1 N–H and O–H groups in total. The number of hydrogen-bond donors (Lipinski definition) is 1. The molecule has 1 unspecified atom stereocenters. The Balaban J connectivity index is 2.77. The van der Waals surface area contributed by atoms with E-state index in [0.29, 0.717) is 18.1 Å². The highest BCUT2D eigenvalue weighted by molar-refractivity contribution is 7.93. The van der Waals surface area contributed by atoms with Crippen molar-refractivity contribution in [2.45, 2.75) is 26.2 Å². The highest BCUT2D eigenvalue weighted by Gasteiger charge is 2.13. The second kappa shape index (κ2) is 4.72. The van der Waals surface area contributed by atoms with Gasteiger partial charge in [0.1, 0.15) is 0 Å². The van der Waals surface area contributed by atoms with Crippen LogP contribution in [0, 0.1) is 0 Å². The Morgan fingerprint density at radius 2 is 2.31 bits per heavy atom. The highest BCUT2D eigenvalue weighted by atomic mass is 32.2. The van der Waals surface area contributed by atoms with E-state index in [1.54, 1.807) is 6.92 Å². The molecule has 4 nitrogen and oxygen atoms in total. The molecular formula is C8H16N2O2S. The Morgan fingerprint density at radius 1 is 1.54 bits per heavy atom. The van der Waals surface area contributed by atoms with Gasteiger partial charge in [-0.3, -0.25) is 4.79 Å². The molecule has 0 radical (unpaired) electrons. The van der Waals surface area contributed by atoms with Crippen LogP contribution < -0.4 is 5.32 Å². The Labute approximate surface area is 79.3 Å². The van der Waals surface area contributed by atoms with Crippen molar-refractivity contribution in [2.75, 3.05) is 18.2 Å². The normalized spacial score (nSPS) is 29.3. The lowest BCUT2D eigenvalue weighted by Crippen LogP contribution is -2.22. The minimum Gasteiger partial charge on any atom is -0.305 e. The zero-order valence-electron chi connectivity index (χ0n) is 7.91. The first-order chi connectivity index (χ1) is 6.16. The van der Waals surface area contributed by atoms with Gasteiger partial charge >= 0.3 is 0 Å². The Bertz CT molecular complexity index is 279. The fraction of sp³-hybridized carbons (Fsp3) is 0.875. The first kappa shape index (κ1) is 10.7. The fourth-order valence-corrected chi connectivity index (χ4v) is 3.13. The summed E-state index contributed by atoms with van der Waals surface area (Å²) in [7, 11) is -2.27. The van der Waals surface area contributed by atoms with E-state index in [1.165, 1.54) is 0 Å². The van der Waals surface area contributed by atoms with Gasteiger partial charge in [0, 0.05) is 12.2 Å².